The maximum absolute atomic E-state index is 10.4. The van der Waals surface area contributed by atoms with E-state index in [1.54, 1.807) is 6.92 Å². The average molecular weight is 148 g/mol. The number of halogens is 4. The van der Waals surface area contributed by atoms with Crippen molar-refractivity contribution < 1.29 is 22.7 Å². The Morgan fingerprint density at radius 1 is 1.33 bits per heavy atom. The molecule has 0 saturated heterocycles. The molecule has 0 bridgehead atoms. The van der Waals surface area contributed by atoms with Gasteiger partial charge in [0.15, 0.2) is 6.67 Å². The first-order valence-corrected chi connectivity index (χ1v) is 2.21. The normalized spacial score (nSPS) is 10.0. The second-order valence-corrected chi connectivity index (χ2v) is 1.07. The Morgan fingerprint density at radius 2 is 1.44 bits per heavy atom. The molecule has 0 aliphatic rings. The average Bonchev–Trinajstić information content (AvgIpc) is 1.67. The fourth-order valence-corrected chi connectivity index (χ4v) is 0. The fourth-order valence-electron chi connectivity index (χ4n) is 0. The summed E-state index contributed by atoms with van der Waals surface area (Å²) in [7, 11) is 0. The zero-order valence-electron chi connectivity index (χ0n) is 4.87. The van der Waals surface area contributed by atoms with E-state index in [0.717, 1.165) is 0 Å². The number of aliphatic hydroxyl groups is 1. The van der Waals surface area contributed by atoms with Gasteiger partial charge in [0.1, 0.15) is 0 Å². The second-order valence-electron chi connectivity index (χ2n) is 1.07. The molecular formula is C4H8F4O. The molecule has 1 nitrogen and oxygen atoms in total. The Kier molecular flexibility index (Phi) is 7.41. The lowest BCUT2D eigenvalue weighted by molar-refractivity contribution is -0.142. The molecule has 0 rings (SSSR count). The van der Waals surface area contributed by atoms with Crippen LogP contribution in [0.4, 0.5) is 17.6 Å². The van der Waals surface area contributed by atoms with Crippen LogP contribution >= 0.6 is 0 Å². The van der Waals surface area contributed by atoms with E-state index in [2.05, 4.69) is 0 Å². The lowest BCUT2D eigenvalue weighted by atomic mass is 10.8. The molecule has 0 atom stereocenters. The van der Waals surface area contributed by atoms with Crippen molar-refractivity contribution in [1.29, 1.82) is 0 Å². The zero-order valence-corrected chi connectivity index (χ0v) is 4.87. The quantitative estimate of drug-likeness (QED) is 0.516. The molecule has 0 unspecified atom stereocenters. The third-order valence-electron chi connectivity index (χ3n) is 0.152. The van der Waals surface area contributed by atoms with E-state index in [9.17, 15) is 17.6 Å². The van der Waals surface area contributed by atoms with Gasteiger partial charge in [-0.25, -0.2) is 4.39 Å². The Morgan fingerprint density at radius 3 is 1.44 bits per heavy atom. The minimum Gasteiger partial charge on any atom is -0.397 e. The van der Waals surface area contributed by atoms with Crippen molar-refractivity contribution in [2.24, 2.45) is 0 Å². The molecule has 0 heterocycles. The van der Waals surface area contributed by atoms with Crippen molar-refractivity contribution in [3.05, 3.63) is 0 Å². The molecule has 0 radical (unpaired) electrons. The highest BCUT2D eigenvalue weighted by molar-refractivity contribution is 4.39. The van der Waals surface area contributed by atoms with Gasteiger partial charge < -0.3 is 5.11 Å². The van der Waals surface area contributed by atoms with Crippen molar-refractivity contribution in [2.75, 3.05) is 13.3 Å². The number of rotatable bonds is 0. The van der Waals surface area contributed by atoms with Gasteiger partial charge in [-0.05, 0) is 6.92 Å². The van der Waals surface area contributed by atoms with Crippen LogP contribution in [0.25, 0.3) is 0 Å². The van der Waals surface area contributed by atoms with Crippen molar-refractivity contribution in [3.63, 3.8) is 0 Å². The summed E-state index contributed by atoms with van der Waals surface area (Å²) < 4.78 is 41.6. The van der Waals surface area contributed by atoms with E-state index in [1.807, 2.05) is 0 Å². The Hall–Kier alpha value is -0.320. The minimum absolute atomic E-state index is 0.250. The van der Waals surface area contributed by atoms with Crippen molar-refractivity contribution in [1.82, 2.24) is 0 Å². The first kappa shape index (κ1) is 11.5. The van der Waals surface area contributed by atoms with E-state index in [4.69, 9.17) is 5.11 Å². The third-order valence-corrected chi connectivity index (χ3v) is 0.152. The summed E-state index contributed by atoms with van der Waals surface area (Å²) in [4.78, 5) is 0. The van der Waals surface area contributed by atoms with Crippen LogP contribution in [0.1, 0.15) is 6.92 Å². The van der Waals surface area contributed by atoms with Crippen LogP contribution in [0.2, 0.25) is 0 Å². The van der Waals surface area contributed by atoms with Crippen LogP contribution in [0.3, 0.4) is 0 Å². The molecule has 5 heteroatoms. The molecule has 58 valence electrons. The topological polar surface area (TPSA) is 20.2 Å². The number of hydrogen-bond donors (Lipinski definition) is 1. The van der Waals surface area contributed by atoms with Crippen molar-refractivity contribution in [2.45, 2.75) is 13.1 Å². The van der Waals surface area contributed by atoms with Crippen molar-refractivity contribution >= 4 is 0 Å². The lowest BCUT2D eigenvalue weighted by Crippen LogP contribution is -2.08. The highest BCUT2D eigenvalue weighted by Gasteiger charge is 2.26. The van der Waals surface area contributed by atoms with Gasteiger partial charge in [0.2, 0.25) is 0 Å². The summed E-state index contributed by atoms with van der Waals surface area (Å²) in [6, 6.07) is 0. The predicted octanol–water partition coefficient (Wildman–Crippen LogP) is 1.52. The van der Waals surface area contributed by atoms with Crippen LogP contribution in [0.15, 0.2) is 0 Å². The second kappa shape index (κ2) is 5.81. The maximum Gasteiger partial charge on any atom is 0.416 e. The van der Waals surface area contributed by atoms with Gasteiger partial charge in [-0.15, -0.1) is 0 Å². The van der Waals surface area contributed by atoms with Gasteiger partial charge in [-0.2, -0.15) is 13.2 Å². The molecule has 0 aliphatic carbocycles. The minimum atomic E-state index is -4.62. The molecule has 0 spiro atoms. The Labute approximate surface area is 50.3 Å². The SMILES string of the molecule is CCO.FCC(F)(F)F. The molecule has 0 fully saturated rings. The van der Waals surface area contributed by atoms with E-state index in [1.165, 1.54) is 0 Å². The van der Waals surface area contributed by atoms with Crippen LogP contribution in [-0.2, 0) is 0 Å². The van der Waals surface area contributed by atoms with Crippen molar-refractivity contribution in [3.8, 4) is 0 Å². The summed E-state index contributed by atoms with van der Waals surface area (Å²) in [6.45, 7) is -0.299. The predicted molar refractivity (Wildman–Crippen MR) is 24.8 cm³/mol. The van der Waals surface area contributed by atoms with Gasteiger partial charge in [0.25, 0.3) is 0 Å². The van der Waals surface area contributed by atoms with E-state index >= 15 is 0 Å². The third kappa shape index (κ3) is 34.5. The molecule has 0 aromatic rings. The Bertz CT molecular complexity index is 51.0. The summed E-state index contributed by atoms with van der Waals surface area (Å²) in [5, 5.41) is 7.57. The van der Waals surface area contributed by atoms with E-state index in [-0.39, 0.29) is 6.61 Å². The molecule has 0 aromatic heterocycles. The van der Waals surface area contributed by atoms with Gasteiger partial charge in [-0.3, -0.25) is 0 Å². The number of aliphatic hydroxyl groups excluding tert-OH is 1. The maximum atomic E-state index is 10.4. The molecule has 0 aliphatic heterocycles. The molecule has 9 heavy (non-hydrogen) atoms. The summed E-state index contributed by atoms with van der Waals surface area (Å²) >= 11 is 0. The van der Waals surface area contributed by atoms with Crippen LogP contribution < -0.4 is 0 Å². The first-order valence-electron chi connectivity index (χ1n) is 2.21. The number of hydrogen-bond acceptors (Lipinski definition) is 1. The van der Waals surface area contributed by atoms with E-state index in [0.29, 0.717) is 0 Å². The van der Waals surface area contributed by atoms with Gasteiger partial charge in [0, 0.05) is 6.61 Å². The highest BCUT2D eigenvalue weighted by atomic mass is 19.4. The smallest absolute Gasteiger partial charge is 0.397 e. The first-order chi connectivity index (χ1) is 3.97. The lowest BCUT2D eigenvalue weighted by Gasteiger charge is -1.93. The fraction of sp³-hybridized carbons (Fsp3) is 1.00. The van der Waals surface area contributed by atoms with Crippen LogP contribution in [-0.4, -0.2) is 24.6 Å². The van der Waals surface area contributed by atoms with Crippen LogP contribution in [0, 0.1) is 0 Å². The summed E-state index contributed by atoms with van der Waals surface area (Å²) in [6.07, 6.45) is -4.62. The highest BCUT2D eigenvalue weighted by Crippen LogP contribution is 2.13. The molecule has 0 saturated carbocycles. The molecule has 0 amide bonds. The van der Waals surface area contributed by atoms with Crippen LogP contribution in [0.5, 0.6) is 0 Å². The van der Waals surface area contributed by atoms with Gasteiger partial charge >= 0.3 is 6.18 Å². The zero-order chi connectivity index (χ0) is 7.91. The summed E-state index contributed by atoms with van der Waals surface area (Å²) in [5.74, 6) is 0. The molecule has 0 aromatic carbocycles. The van der Waals surface area contributed by atoms with Gasteiger partial charge in [0.05, 0.1) is 0 Å². The monoisotopic (exact) mass is 148 g/mol. The molecular weight excluding hydrogens is 140 g/mol. The van der Waals surface area contributed by atoms with Gasteiger partial charge in [-0.1, -0.05) is 0 Å². The molecule has 1 N–H and O–H groups in total. The Balaban J connectivity index is 0. The summed E-state index contributed by atoms with van der Waals surface area (Å²) in [5.41, 5.74) is 0. The number of alkyl halides is 4. The largest absolute Gasteiger partial charge is 0.416 e. The standard InChI is InChI=1S/C2H2F4.C2H6O/c3-1-2(4,5)6;1-2-3/h1H2;3H,2H2,1H3. The van der Waals surface area contributed by atoms with E-state index < -0.39 is 12.9 Å².